The fourth-order valence-electron chi connectivity index (χ4n) is 2.02. The Morgan fingerprint density at radius 3 is 2.88 bits per heavy atom. The number of methoxy groups -OCH3 is 1. The molecule has 17 heavy (non-hydrogen) atoms. The number of aryl methyl sites for hydroxylation is 1. The Balaban J connectivity index is 2.36. The van der Waals surface area contributed by atoms with Crippen molar-refractivity contribution in [1.82, 2.24) is 5.43 Å². The molecule has 1 heterocycles. The summed E-state index contributed by atoms with van der Waals surface area (Å²) < 4.78 is 10.9. The summed E-state index contributed by atoms with van der Waals surface area (Å²) in [5, 5.41) is 0. The van der Waals surface area contributed by atoms with E-state index in [1.807, 2.05) is 25.1 Å². The number of ether oxygens (including phenoxy) is 2. The number of nitrogens with two attached hydrogens (primary N) is 1. The van der Waals surface area contributed by atoms with Crippen molar-refractivity contribution in [3.63, 3.8) is 0 Å². The van der Waals surface area contributed by atoms with Crippen LogP contribution in [0.1, 0.15) is 23.6 Å². The number of hydrogen-bond donors (Lipinski definition) is 2. The van der Waals surface area contributed by atoms with Crippen LogP contribution in [0.2, 0.25) is 0 Å². The van der Waals surface area contributed by atoms with Gasteiger partial charge in [0.25, 0.3) is 0 Å². The summed E-state index contributed by atoms with van der Waals surface area (Å²) in [7, 11) is 1.66. The lowest BCUT2D eigenvalue weighted by atomic mass is 10.0. The molecule has 0 fully saturated rings. The molecule has 0 saturated carbocycles. The van der Waals surface area contributed by atoms with E-state index in [4.69, 9.17) is 15.3 Å². The van der Waals surface area contributed by atoms with Crippen LogP contribution in [-0.4, -0.2) is 13.7 Å². The smallest absolute Gasteiger partial charge is 0.124 e. The lowest BCUT2D eigenvalue weighted by Gasteiger charge is -2.20. The van der Waals surface area contributed by atoms with Crippen LogP contribution in [0, 0.1) is 6.92 Å². The standard InChI is InChI=1S/C13H18N2O2/c1-9-5-6-10(12(8-9)16-2)13(15-14)11-4-3-7-17-11/h4-6,8,13,15H,3,7,14H2,1-2H3. The van der Waals surface area contributed by atoms with Crippen LogP contribution in [0.5, 0.6) is 5.75 Å². The van der Waals surface area contributed by atoms with Crippen molar-refractivity contribution in [2.75, 3.05) is 13.7 Å². The van der Waals surface area contributed by atoms with Gasteiger partial charge in [-0.05, 0) is 24.6 Å². The molecular weight excluding hydrogens is 216 g/mol. The van der Waals surface area contributed by atoms with Crippen LogP contribution >= 0.6 is 0 Å². The van der Waals surface area contributed by atoms with Crippen LogP contribution in [0.15, 0.2) is 30.0 Å². The summed E-state index contributed by atoms with van der Waals surface area (Å²) in [6.45, 7) is 2.75. The van der Waals surface area contributed by atoms with Gasteiger partial charge < -0.3 is 9.47 Å². The molecule has 0 aromatic heterocycles. The fourth-order valence-corrected chi connectivity index (χ4v) is 2.02. The van der Waals surface area contributed by atoms with Crippen molar-refractivity contribution < 1.29 is 9.47 Å². The largest absolute Gasteiger partial charge is 0.496 e. The number of hydrazine groups is 1. The quantitative estimate of drug-likeness (QED) is 0.616. The van der Waals surface area contributed by atoms with E-state index >= 15 is 0 Å². The van der Waals surface area contributed by atoms with Crippen LogP contribution < -0.4 is 16.0 Å². The van der Waals surface area contributed by atoms with Gasteiger partial charge in [-0.1, -0.05) is 12.1 Å². The molecule has 1 atom stereocenters. The van der Waals surface area contributed by atoms with E-state index in [0.717, 1.165) is 35.7 Å². The summed E-state index contributed by atoms with van der Waals surface area (Å²) in [4.78, 5) is 0. The maximum absolute atomic E-state index is 5.62. The van der Waals surface area contributed by atoms with Gasteiger partial charge in [0.05, 0.1) is 13.7 Å². The number of nitrogens with one attached hydrogen (secondary N) is 1. The lowest BCUT2D eigenvalue weighted by Crippen LogP contribution is -2.30. The van der Waals surface area contributed by atoms with Crippen molar-refractivity contribution in [2.24, 2.45) is 5.84 Å². The molecule has 2 rings (SSSR count). The van der Waals surface area contributed by atoms with Crippen molar-refractivity contribution in [3.05, 3.63) is 41.2 Å². The van der Waals surface area contributed by atoms with Gasteiger partial charge in [0.1, 0.15) is 17.6 Å². The van der Waals surface area contributed by atoms with Gasteiger partial charge in [-0.3, -0.25) is 5.84 Å². The first-order valence-corrected chi connectivity index (χ1v) is 5.69. The molecule has 4 nitrogen and oxygen atoms in total. The molecule has 1 aliphatic heterocycles. The highest BCUT2D eigenvalue weighted by Gasteiger charge is 2.22. The normalized spacial score (nSPS) is 16.3. The number of benzene rings is 1. The molecule has 1 aromatic rings. The molecule has 4 heteroatoms. The highest BCUT2D eigenvalue weighted by molar-refractivity contribution is 5.42. The third kappa shape index (κ3) is 2.43. The minimum atomic E-state index is -0.145. The van der Waals surface area contributed by atoms with E-state index in [-0.39, 0.29) is 6.04 Å². The Morgan fingerprint density at radius 2 is 2.29 bits per heavy atom. The molecule has 0 saturated heterocycles. The summed E-state index contributed by atoms with van der Waals surface area (Å²) in [5.41, 5.74) is 4.93. The Bertz CT molecular complexity index is 429. The highest BCUT2D eigenvalue weighted by Crippen LogP contribution is 2.32. The van der Waals surface area contributed by atoms with Crippen LogP contribution in [0.25, 0.3) is 0 Å². The average molecular weight is 234 g/mol. The zero-order valence-corrected chi connectivity index (χ0v) is 10.2. The van der Waals surface area contributed by atoms with Crippen molar-refractivity contribution >= 4 is 0 Å². The summed E-state index contributed by atoms with van der Waals surface area (Å²) in [6.07, 6.45) is 2.99. The Labute approximate surface area is 101 Å². The Morgan fingerprint density at radius 1 is 1.47 bits per heavy atom. The second kappa shape index (κ2) is 5.21. The second-order valence-corrected chi connectivity index (χ2v) is 4.09. The fraction of sp³-hybridized carbons (Fsp3) is 0.385. The molecule has 1 aliphatic rings. The number of rotatable bonds is 4. The van der Waals surface area contributed by atoms with Crippen LogP contribution in [-0.2, 0) is 4.74 Å². The first kappa shape index (κ1) is 12.0. The molecule has 1 unspecified atom stereocenters. The van der Waals surface area contributed by atoms with Crippen LogP contribution in [0.3, 0.4) is 0 Å². The molecular formula is C13H18N2O2. The molecule has 0 aliphatic carbocycles. The van der Waals surface area contributed by atoms with Crippen LogP contribution in [0.4, 0.5) is 0 Å². The third-order valence-electron chi connectivity index (χ3n) is 2.88. The zero-order chi connectivity index (χ0) is 12.3. The van der Waals surface area contributed by atoms with E-state index in [0.29, 0.717) is 0 Å². The third-order valence-corrected chi connectivity index (χ3v) is 2.88. The predicted octanol–water partition coefficient (Wildman–Crippen LogP) is 1.81. The Kier molecular flexibility index (Phi) is 3.66. The maximum Gasteiger partial charge on any atom is 0.124 e. The molecule has 0 spiro atoms. The molecule has 0 bridgehead atoms. The predicted molar refractivity (Wildman–Crippen MR) is 66.4 cm³/mol. The molecule has 92 valence electrons. The van der Waals surface area contributed by atoms with Crippen molar-refractivity contribution in [3.8, 4) is 5.75 Å². The molecule has 0 radical (unpaired) electrons. The SMILES string of the molecule is COc1cc(C)ccc1C(NN)C1=CCCO1. The van der Waals surface area contributed by atoms with E-state index in [1.165, 1.54) is 0 Å². The van der Waals surface area contributed by atoms with Gasteiger partial charge in [-0.25, -0.2) is 5.43 Å². The van der Waals surface area contributed by atoms with E-state index in [2.05, 4.69) is 11.5 Å². The molecule has 1 aromatic carbocycles. The van der Waals surface area contributed by atoms with E-state index in [9.17, 15) is 0 Å². The average Bonchev–Trinajstić information content (AvgIpc) is 2.85. The van der Waals surface area contributed by atoms with Gasteiger partial charge in [-0.2, -0.15) is 0 Å². The molecule has 0 amide bonds. The Hall–Kier alpha value is -1.52. The van der Waals surface area contributed by atoms with Gasteiger partial charge in [0.15, 0.2) is 0 Å². The first-order chi connectivity index (χ1) is 8.26. The summed E-state index contributed by atoms with van der Waals surface area (Å²) >= 11 is 0. The summed E-state index contributed by atoms with van der Waals surface area (Å²) in [6, 6.07) is 5.90. The van der Waals surface area contributed by atoms with E-state index in [1.54, 1.807) is 7.11 Å². The molecule has 3 N–H and O–H groups in total. The topological polar surface area (TPSA) is 56.5 Å². The summed E-state index contributed by atoms with van der Waals surface area (Å²) in [5.74, 6) is 7.31. The second-order valence-electron chi connectivity index (χ2n) is 4.09. The lowest BCUT2D eigenvalue weighted by molar-refractivity contribution is 0.214. The number of hydrogen-bond acceptors (Lipinski definition) is 4. The van der Waals surface area contributed by atoms with E-state index < -0.39 is 0 Å². The van der Waals surface area contributed by atoms with Crippen molar-refractivity contribution in [1.29, 1.82) is 0 Å². The van der Waals surface area contributed by atoms with Gasteiger partial charge in [0.2, 0.25) is 0 Å². The van der Waals surface area contributed by atoms with Gasteiger partial charge >= 0.3 is 0 Å². The van der Waals surface area contributed by atoms with Gasteiger partial charge in [-0.15, -0.1) is 0 Å². The van der Waals surface area contributed by atoms with Crippen molar-refractivity contribution in [2.45, 2.75) is 19.4 Å². The zero-order valence-electron chi connectivity index (χ0n) is 10.2. The minimum Gasteiger partial charge on any atom is -0.496 e. The monoisotopic (exact) mass is 234 g/mol. The highest BCUT2D eigenvalue weighted by atomic mass is 16.5. The first-order valence-electron chi connectivity index (χ1n) is 5.69. The minimum absolute atomic E-state index is 0.145. The maximum atomic E-state index is 5.62. The van der Waals surface area contributed by atoms with Gasteiger partial charge in [0, 0.05) is 12.0 Å².